The lowest BCUT2D eigenvalue weighted by Gasteiger charge is -2.31. The first-order valence-corrected chi connectivity index (χ1v) is 11.3. The minimum absolute atomic E-state index is 0.223. The average Bonchev–Trinajstić information content (AvgIpc) is 3.42. The van der Waals surface area contributed by atoms with E-state index < -0.39 is 0 Å². The standard InChI is InChI=1S/C22H34N6O/c1-16(2)22-23-11-14-27(22)13-10-19(29)28-12-6-9-18(15-28)21-24-20(25-26-21)17-7-4-3-5-8-17/h11,14,16-18H,3-10,12-13,15H2,1-2H3,(H,24,25,26). The zero-order valence-corrected chi connectivity index (χ0v) is 17.8. The lowest BCUT2D eigenvalue weighted by Crippen LogP contribution is -2.39. The molecule has 2 fully saturated rings. The second kappa shape index (κ2) is 9.09. The van der Waals surface area contributed by atoms with E-state index in [0.717, 1.165) is 43.4 Å². The fourth-order valence-corrected chi connectivity index (χ4v) is 4.83. The predicted molar refractivity (Wildman–Crippen MR) is 112 cm³/mol. The van der Waals surface area contributed by atoms with Gasteiger partial charge in [0.2, 0.25) is 5.91 Å². The highest BCUT2D eigenvalue weighted by atomic mass is 16.2. The van der Waals surface area contributed by atoms with Crippen molar-refractivity contribution in [1.29, 1.82) is 0 Å². The van der Waals surface area contributed by atoms with Crippen molar-refractivity contribution in [3.8, 4) is 0 Å². The van der Waals surface area contributed by atoms with Crippen LogP contribution in [0.25, 0.3) is 0 Å². The Labute approximate surface area is 173 Å². The summed E-state index contributed by atoms with van der Waals surface area (Å²) < 4.78 is 2.11. The monoisotopic (exact) mass is 398 g/mol. The van der Waals surface area contributed by atoms with Crippen LogP contribution in [0.2, 0.25) is 0 Å². The van der Waals surface area contributed by atoms with Crippen LogP contribution in [0, 0.1) is 0 Å². The third-order valence-corrected chi connectivity index (χ3v) is 6.48. The molecule has 2 aliphatic rings. The van der Waals surface area contributed by atoms with Crippen molar-refractivity contribution < 1.29 is 4.79 Å². The second-order valence-corrected chi connectivity index (χ2v) is 8.98. The topological polar surface area (TPSA) is 79.7 Å². The summed E-state index contributed by atoms with van der Waals surface area (Å²) in [5.74, 6) is 4.39. The van der Waals surface area contributed by atoms with Crippen LogP contribution in [0.5, 0.6) is 0 Å². The van der Waals surface area contributed by atoms with E-state index in [-0.39, 0.29) is 11.8 Å². The van der Waals surface area contributed by atoms with E-state index in [2.05, 4.69) is 33.6 Å². The molecule has 0 bridgehead atoms. The molecular weight excluding hydrogens is 364 g/mol. The first-order valence-electron chi connectivity index (χ1n) is 11.3. The fraction of sp³-hybridized carbons (Fsp3) is 0.727. The number of hydrogen-bond donors (Lipinski definition) is 1. The van der Waals surface area contributed by atoms with Crippen LogP contribution in [-0.4, -0.2) is 48.6 Å². The van der Waals surface area contributed by atoms with Crippen LogP contribution in [-0.2, 0) is 11.3 Å². The van der Waals surface area contributed by atoms with Crippen LogP contribution in [0.3, 0.4) is 0 Å². The number of carbonyl (C=O) groups excluding carboxylic acids is 1. The molecular formula is C22H34N6O. The van der Waals surface area contributed by atoms with Gasteiger partial charge in [-0.1, -0.05) is 33.1 Å². The average molecular weight is 399 g/mol. The highest BCUT2D eigenvalue weighted by molar-refractivity contribution is 5.76. The fourth-order valence-electron chi connectivity index (χ4n) is 4.83. The third kappa shape index (κ3) is 4.70. The van der Waals surface area contributed by atoms with Gasteiger partial charge in [0.25, 0.3) is 0 Å². The number of nitrogens with one attached hydrogen (secondary N) is 1. The van der Waals surface area contributed by atoms with Crippen LogP contribution in [0.4, 0.5) is 0 Å². The molecule has 1 aliphatic heterocycles. The molecule has 4 rings (SSSR count). The molecule has 1 saturated carbocycles. The van der Waals surface area contributed by atoms with Gasteiger partial charge in [-0.3, -0.25) is 9.89 Å². The predicted octanol–water partition coefficient (Wildman–Crippen LogP) is 3.97. The molecule has 1 aliphatic carbocycles. The van der Waals surface area contributed by atoms with Crippen molar-refractivity contribution >= 4 is 5.91 Å². The van der Waals surface area contributed by atoms with E-state index in [0.29, 0.717) is 24.8 Å². The van der Waals surface area contributed by atoms with Crippen molar-refractivity contribution in [3.05, 3.63) is 29.9 Å². The molecule has 2 aromatic rings. The first-order chi connectivity index (χ1) is 14.1. The number of carbonyl (C=O) groups is 1. The van der Waals surface area contributed by atoms with Gasteiger partial charge >= 0.3 is 0 Å². The molecule has 2 aromatic heterocycles. The smallest absolute Gasteiger partial charge is 0.224 e. The van der Waals surface area contributed by atoms with Gasteiger partial charge in [-0.05, 0) is 25.7 Å². The van der Waals surface area contributed by atoms with Gasteiger partial charge in [0.1, 0.15) is 11.6 Å². The summed E-state index contributed by atoms with van der Waals surface area (Å²) in [6.07, 6.45) is 12.8. The van der Waals surface area contributed by atoms with E-state index in [4.69, 9.17) is 4.98 Å². The maximum absolute atomic E-state index is 12.8. The molecule has 1 unspecified atom stereocenters. The van der Waals surface area contributed by atoms with Gasteiger partial charge in [-0.25, -0.2) is 9.97 Å². The molecule has 1 atom stereocenters. The SMILES string of the molecule is CC(C)c1nccn1CCC(=O)N1CCCC(c2n[nH]c(C3CCCCC3)n2)C1. The molecule has 1 saturated heterocycles. The number of rotatable bonds is 6. The van der Waals surface area contributed by atoms with Crippen molar-refractivity contribution in [2.24, 2.45) is 0 Å². The summed E-state index contributed by atoms with van der Waals surface area (Å²) in [7, 11) is 0. The molecule has 0 radical (unpaired) electrons. The Balaban J connectivity index is 1.33. The summed E-state index contributed by atoms with van der Waals surface area (Å²) in [5.41, 5.74) is 0. The maximum atomic E-state index is 12.8. The molecule has 1 N–H and O–H groups in total. The Kier molecular flexibility index (Phi) is 6.31. The lowest BCUT2D eigenvalue weighted by atomic mass is 9.89. The number of hydrogen-bond acceptors (Lipinski definition) is 4. The van der Waals surface area contributed by atoms with Crippen LogP contribution in [0.15, 0.2) is 12.4 Å². The molecule has 1 amide bonds. The Morgan fingerprint density at radius 1 is 1.17 bits per heavy atom. The minimum Gasteiger partial charge on any atom is -0.342 e. The normalized spacial score (nSPS) is 21.1. The van der Waals surface area contributed by atoms with E-state index in [1.807, 2.05) is 17.3 Å². The zero-order chi connectivity index (χ0) is 20.2. The third-order valence-electron chi connectivity index (χ3n) is 6.48. The van der Waals surface area contributed by atoms with Crippen LogP contribution < -0.4 is 0 Å². The Bertz CT molecular complexity index is 804. The number of piperidine rings is 1. The summed E-state index contributed by atoms with van der Waals surface area (Å²) in [6.45, 7) is 6.54. The molecule has 158 valence electrons. The van der Waals surface area contributed by atoms with Gasteiger partial charge in [-0.15, -0.1) is 0 Å². The number of nitrogens with zero attached hydrogens (tertiary/aromatic N) is 5. The van der Waals surface area contributed by atoms with Crippen LogP contribution in [0.1, 0.15) is 100 Å². The number of likely N-dealkylation sites (tertiary alicyclic amines) is 1. The quantitative estimate of drug-likeness (QED) is 0.798. The molecule has 0 spiro atoms. The highest BCUT2D eigenvalue weighted by Crippen LogP contribution is 2.32. The lowest BCUT2D eigenvalue weighted by molar-refractivity contribution is -0.132. The maximum Gasteiger partial charge on any atom is 0.224 e. The second-order valence-electron chi connectivity index (χ2n) is 8.98. The summed E-state index contributed by atoms with van der Waals surface area (Å²) in [5, 5.41) is 7.74. The van der Waals surface area contributed by atoms with Crippen LogP contribution >= 0.6 is 0 Å². The van der Waals surface area contributed by atoms with Crippen molar-refractivity contribution in [2.45, 2.75) is 89.5 Å². The number of imidazole rings is 1. The van der Waals surface area contributed by atoms with Gasteiger partial charge in [0, 0.05) is 56.2 Å². The van der Waals surface area contributed by atoms with Gasteiger partial charge in [-0.2, -0.15) is 5.10 Å². The van der Waals surface area contributed by atoms with E-state index in [1.165, 1.54) is 32.1 Å². The Hall–Kier alpha value is -2.18. The van der Waals surface area contributed by atoms with Crippen molar-refractivity contribution in [2.75, 3.05) is 13.1 Å². The van der Waals surface area contributed by atoms with Gasteiger partial charge in [0.15, 0.2) is 5.82 Å². The molecule has 29 heavy (non-hydrogen) atoms. The molecule has 0 aromatic carbocycles. The Morgan fingerprint density at radius 3 is 2.76 bits per heavy atom. The number of amides is 1. The number of H-pyrrole nitrogens is 1. The highest BCUT2D eigenvalue weighted by Gasteiger charge is 2.28. The zero-order valence-electron chi connectivity index (χ0n) is 17.8. The van der Waals surface area contributed by atoms with Crippen molar-refractivity contribution in [1.82, 2.24) is 29.6 Å². The first kappa shape index (κ1) is 20.1. The van der Waals surface area contributed by atoms with E-state index in [9.17, 15) is 4.79 Å². The summed E-state index contributed by atoms with van der Waals surface area (Å²) >= 11 is 0. The minimum atomic E-state index is 0.223. The van der Waals surface area contributed by atoms with Crippen molar-refractivity contribution in [3.63, 3.8) is 0 Å². The van der Waals surface area contributed by atoms with E-state index >= 15 is 0 Å². The number of aryl methyl sites for hydroxylation is 1. The summed E-state index contributed by atoms with van der Waals surface area (Å²) in [6, 6.07) is 0. The molecule has 7 nitrogen and oxygen atoms in total. The Morgan fingerprint density at radius 2 is 1.97 bits per heavy atom. The van der Waals surface area contributed by atoms with E-state index in [1.54, 1.807) is 0 Å². The number of aromatic amines is 1. The van der Waals surface area contributed by atoms with Gasteiger partial charge in [0.05, 0.1) is 0 Å². The molecule has 7 heteroatoms. The number of aromatic nitrogens is 5. The summed E-state index contributed by atoms with van der Waals surface area (Å²) in [4.78, 5) is 24.1. The van der Waals surface area contributed by atoms with Gasteiger partial charge < -0.3 is 9.47 Å². The molecule has 3 heterocycles. The largest absolute Gasteiger partial charge is 0.342 e.